The molecule has 9 heteroatoms. The molecule has 0 aliphatic carbocycles. The standard InChI is InChI=1S/C24H33N2O6P/c33-26-9-7-25(8-10-26)20-5-6-23-24(19-20)32-18-14-28-12-16-30-22-4-2-1-3-21(22)29-15-11-27-13-17-31-23/h1-6,19H,7-18,33H2. The lowest BCUT2D eigenvalue weighted by molar-refractivity contribution is 0.0640. The van der Waals surface area contributed by atoms with E-state index in [1.165, 1.54) is 0 Å². The highest BCUT2D eigenvalue weighted by atomic mass is 31.0. The molecule has 0 radical (unpaired) electrons. The first-order valence-corrected chi connectivity index (χ1v) is 12.0. The van der Waals surface area contributed by atoms with Gasteiger partial charge in [-0.15, -0.1) is 0 Å². The van der Waals surface area contributed by atoms with Crippen LogP contribution in [0.1, 0.15) is 0 Å². The fourth-order valence-electron chi connectivity index (χ4n) is 3.64. The third-order valence-electron chi connectivity index (χ3n) is 5.40. The van der Waals surface area contributed by atoms with Gasteiger partial charge >= 0.3 is 0 Å². The zero-order valence-corrected chi connectivity index (χ0v) is 20.1. The van der Waals surface area contributed by atoms with Crippen molar-refractivity contribution in [2.24, 2.45) is 0 Å². The Balaban J connectivity index is 1.37. The lowest BCUT2D eigenvalue weighted by Crippen LogP contribution is -2.42. The maximum Gasteiger partial charge on any atom is 0.163 e. The van der Waals surface area contributed by atoms with Crippen molar-refractivity contribution in [1.29, 1.82) is 0 Å². The van der Waals surface area contributed by atoms with Gasteiger partial charge in [-0.2, -0.15) is 0 Å². The van der Waals surface area contributed by atoms with Crippen LogP contribution in [0.5, 0.6) is 23.0 Å². The van der Waals surface area contributed by atoms with Crippen molar-refractivity contribution in [1.82, 2.24) is 4.67 Å². The summed E-state index contributed by atoms with van der Waals surface area (Å²) in [5.74, 6) is 2.83. The number of piperazine rings is 1. The van der Waals surface area contributed by atoms with E-state index in [-0.39, 0.29) is 0 Å². The first-order valence-electron chi connectivity index (χ1n) is 11.4. The number of ether oxygens (including phenoxy) is 6. The van der Waals surface area contributed by atoms with Gasteiger partial charge in [0.15, 0.2) is 23.0 Å². The maximum absolute atomic E-state index is 6.05. The second-order valence-electron chi connectivity index (χ2n) is 7.72. The zero-order valence-electron chi connectivity index (χ0n) is 18.9. The van der Waals surface area contributed by atoms with Gasteiger partial charge in [-0.05, 0) is 24.3 Å². The molecular formula is C24H33N2O6P. The van der Waals surface area contributed by atoms with Gasteiger partial charge in [0.2, 0.25) is 0 Å². The van der Waals surface area contributed by atoms with Gasteiger partial charge in [0.25, 0.3) is 0 Å². The molecular weight excluding hydrogens is 443 g/mol. The molecule has 2 aliphatic rings. The van der Waals surface area contributed by atoms with Crippen molar-refractivity contribution >= 4 is 15.1 Å². The van der Waals surface area contributed by atoms with E-state index >= 15 is 0 Å². The van der Waals surface area contributed by atoms with Crippen molar-refractivity contribution < 1.29 is 28.4 Å². The summed E-state index contributed by atoms with van der Waals surface area (Å²) in [6.45, 7) is 7.55. The number of rotatable bonds is 1. The van der Waals surface area contributed by atoms with Crippen LogP contribution in [0.4, 0.5) is 5.69 Å². The Kier molecular flexibility index (Phi) is 9.30. The third kappa shape index (κ3) is 7.37. The van der Waals surface area contributed by atoms with E-state index in [0.717, 1.165) is 37.6 Å². The predicted octanol–water partition coefficient (Wildman–Crippen LogP) is 2.86. The van der Waals surface area contributed by atoms with Crippen LogP contribution in [-0.2, 0) is 9.47 Å². The van der Waals surface area contributed by atoms with Crippen LogP contribution in [0.2, 0.25) is 0 Å². The molecule has 0 aromatic heterocycles. The van der Waals surface area contributed by atoms with E-state index in [2.05, 4.69) is 31.1 Å². The Labute approximate surface area is 197 Å². The van der Waals surface area contributed by atoms with Crippen LogP contribution in [0, 0.1) is 0 Å². The molecule has 0 saturated carbocycles. The second-order valence-corrected chi connectivity index (χ2v) is 8.45. The van der Waals surface area contributed by atoms with E-state index in [9.17, 15) is 0 Å². The summed E-state index contributed by atoms with van der Waals surface area (Å²) in [5, 5.41) is 0. The molecule has 0 bridgehead atoms. The normalized spacial score (nSPS) is 19.4. The molecule has 2 aromatic carbocycles. The maximum atomic E-state index is 6.05. The average Bonchev–Trinajstić information content (AvgIpc) is 2.84. The van der Waals surface area contributed by atoms with Crippen LogP contribution in [-0.4, -0.2) is 83.7 Å². The minimum absolute atomic E-state index is 0.426. The van der Waals surface area contributed by atoms with Gasteiger partial charge in [0, 0.05) is 37.9 Å². The molecule has 0 N–H and O–H groups in total. The van der Waals surface area contributed by atoms with Gasteiger partial charge in [-0.3, -0.25) is 4.67 Å². The Morgan fingerprint density at radius 3 is 1.58 bits per heavy atom. The first kappa shape index (κ1) is 23.9. The SMILES string of the molecule is PN1CCN(c2ccc3c(c2)OCCOCCOc2ccccc2OCCOCCO3)CC1. The van der Waals surface area contributed by atoms with Gasteiger partial charge in [-0.25, -0.2) is 0 Å². The Bertz CT molecular complexity index is 863. The molecule has 8 nitrogen and oxygen atoms in total. The zero-order chi connectivity index (χ0) is 22.7. The van der Waals surface area contributed by atoms with E-state index in [0.29, 0.717) is 70.1 Å². The Morgan fingerprint density at radius 2 is 1.03 bits per heavy atom. The van der Waals surface area contributed by atoms with Crippen LogP contribution >= 0.6 is 9.39 Å². The summed E-state index contributed by atoms with van der Waals surface area (Å²) in [5.41, 5.74) is 1.14. The van der Waals surface area contributed by atoms with Gasteiger partial charge < -0.3 is 33.3 Å². The largest absolute Gasteiger partial charge is 0.487 e. The molecule has 180 valence electrons. The second kappa shape index (κ2) is 12.8. The third-order valence-corrected chi connectivity index (χ3v) is 5.91. The van der Waals surface area contributed by atoms with Crippen molar-refractivity contribution in [2.45, 2.75) is 0 Å². The highest BCUT2D eigenvalue weighted by Gasteiger charge is 2.17. The molecule has 2 aromatic rings. The highest BCUT2D eigenvalue weighted by molar-refractivity contribution is 7.13. The number of benzene rings is 2. The smallest absolute Gasteiger partial charge is 0.163 e. The highest BCUT2D eigenvalue weighted by Crippen LogP contribution is 2.33. The minimum Gasteiger partial charge on any atom is -0.487 e. The first-order chi connectivity index (χ1) is 16.3. The number of para-hydroxylation sites is 2. The van der Waals surface area contributed by atoms with Crippen molar-refractivity contribution in [3.8, 4) is 23.0 Å². The summed E-state index contributed by atoms with van der Waals surface area (Å²) in [4.78, 5) is 2.37. The van der Waals surface area contributed by atoms with E-state index in [4.69, 9.17) is 28.4 Å². The molecule has 0 spiro atoms. The average molecular weight is 477 g/mol. The summed E-state index contributed by atoms with van der Waals surface area (Å²) in [6, 6.07) is 13.7. The summed E-state index contributed by atoms with van der Waals surface area (Å²) in [6.07, 6.45) is 0. The number of hydrogen-bond donors (Lipinski definition) is 0. The van der Waals surface area contributed by atoms with E-state index in [1.54, 1.807) is 0 Å². The Hall–Kier alpha value is -2.25. The molecule has 33 heavy (non-hydrogen) atoms. The van der Waals surface area contributed by atoms with Crippen LogP contribution in [0.3, 0.4) is 0 Å². The number of anilines is 1. The van der Waals surface area contributed by atoms with Crippen molar-refractivity contribution in [3.63, 3.8) is 0 Å². The molecule has 1 fully saturated rings. The van der Waals surface area contributed by atoms with Crippen LogP contribution < -0.4 is 23.8 Å². The lowest BCUT2D eigenvalue weighted by Gasteiger charge is -2.34. The number of nitrogens with zero attached hydrogens (tertiary/aromatic N) is 2. The molecule has 1 saturated heterocycles. The number of hydrogen-bond acceptors (Lipinski definition) is 8. The van der Waals surface area contributed by atoms with Gasteiger partial charge in [0.05, 0.1) is 26.4 Å². The molecule has 4 rings (SSSR count). The number of fused-ring (bicyclic) bond motifs is 2. The van der Waals surface area contributed by atoms with E-state index < -0.39 is 0 Å². The molecule has 2 aliphatic heterocycles. The molecule has 1 atom stereocenters. The van der Waals surface area contributed by atoms with Gasteiger partial charge in [0.1, 0.15) is 26.4 Å². The topological polar surface area (TPSA) is 61.9 Å². The van der Waals surface area contributed by atoms with Crippen molar-refractivity contribution in [3.05, 3.63) is 42.5 Å². The summed E-state index contributed by atoms with van der Waals surface area (Å²) < 4.78 is 37.3. The quantitative estimate of drug-likeness (QED) is 0.583. The molecule has 2 heterocycles. The van der Waals surface area contributed by atoms with Crippen LogP contribution in [0.25, 0.3) is 0 Å². The van der Waals surface area contributed by atoms with E-state index in [1.807, 2.05) is 30.3 Å². The van der Waals surface area contributed by atoms with Crippen LogP contribution in [0.15, 0.2) is 42.5 Å². The summed E-state index contributed by atoms with van der Waals surface area (Å²) in [7, 11) is 2.78. The molecule has 0 amide bonds. The lowest BCUT2D eigenvalue weighted by atomic mass is 10.2. The minimum atomic E-state index is 0.426. The summed E-state index contributed by atoms with van der Waals surface area (Å²) >= 11 is 0. The van der Waals surface area contributed by atoms with Crippen molar-refractivity contribution in [2.75, 3.05) is 83.9 Å². The van der Waals surface area contributed by atoms with Gasteiger partial charge in [-0.1, -0.05) is 21.5 Å². The Morgan fingerprint density at radius 1 is 0.545 bits per heavy atom. The predicted molar refractivity (Wildman–Crippen MR) is 130 cm³/mol. The fraction of sp³-hybridized carbons (Fsp3) is 0.500. The molecule has 1 unspecified atom stereocenters. The fourth-order valence-corrected chi connectivity index (χ4v) is 3.87. The monoisotopic (exact) mass is 476 g/mol.